The number of carbonyl (C=O) groups excluding carboxylic acids is 1. The van der Waals surface area contributed by atoms with Crippen LogP contribution in [0.3, 0.4) is 0 Å². The van der Waals surface area contributed by atoms with Crippen molar-refractivity contribution in [3.05, 3.63) is 42.0 Å². The first-order valence-electron chi connectivity index (χ1n) is 8.22. The molecule has 0 aliphatic heterocycles. The van der Waals surface area contributed by atoms with Crippen molar-refractivity contribution in [1.82, 2.24) is 10.6 Å². The van der Waals surface area contributed by atoms with Crippen LogP contribution < -0.4 is 21.1 Å². The molecule has 130 valence electrons. The van der Waals surface area contributed by atoms with Gasteiger partial charge in [-0.1, -0.05) is 24.3 Å². The smallest absolute Gasteiger partial charge is 0.258 e. The molecule has 1 aliphatic rings. The van der Waals surface area contributed by atoms with E-state index in [2.05, 4.69) is 22.2 Å². The first-order valence-corrected chi connectivity index (χ1v) is 8.22. The van der Waals surface area contributed by atoms with E-state index in [0.29, 0.717) is 30.8 Å². The Morgan fingerprint density at radius 2 is 2.08 bits per heavy atom. The van der Waals surface area contributed by atoms with Gasteiger partial charge in [-0.25, -0.2) is 4.99 Å². The van der Waals surface area contributed by atoms with Gasteiger partial charge in [0, 0.05) is 12.6 Å². The molecule has 24 heavy (non-hydrogen) atoms. The van der Waals surface area contributed by atoms with Gasteiger partial charge in [-0.3, -0.25) is 4.79 Å². The molecule has 1 fully saturated rings. The van der Waals surface area contributed by atoms with Crippen LogP contribution in [0.2, 0.25) is 0 Å². The van der Waals surface area contributed by atoms with Crippen LogP contribution in [0.5, 0.6) is 5.75 Å². The van der Waals surface area contributed by atoms with Crippen molar-refractivity contribution in [2.24, 2.45) is 10.7 Å². The fourth-order valence-electron chi connectivity index (χ4n) is 2.01. The van der Waals surface area contributed by atoms with Crippen LogP contribution in [-0.2, 0) is 11.2 Å². The average molecular weight is 330 g/mol. The summed E-state index contributed by atoms with van der Waals surface area (Å²) >= 11 is 0. The van der Waals surface area contributed by atoms with Crippen molar-refractivity contribution >= 4 is 11.9 Å². The number of ether oxygens (including phenoxy) is 1. The van der Waals surface area contributed by atoms with Crippen LogP contribution in [0, 0.1) is 0 Å². The Balaban J connectivity index is 1.66. The van der Waals surface area contributed by atoms with Gasteiger partial charge in [-0.15, -0.1) is 0 Å². The second kappa shape index (κ2) is 8.96. The summed E-state index contributed by atoms with van der Waals surface area (Å²) in [5.41, 5.74) is 7.89. The molecule has 0 aromatic heterocycles. The number of nitrogens with two attached hydrogens (primary N) is 1. The van der Waals surface area contributed by atoms with E-state index in [1.807, 2.05) is 31.2 Å². The lowest BCUT2D eigenvalue weighted by atomic mass is 10.1. The van der Waals surface area contributed by atoms with Gasteiger partial charge in [-0.05, 0) is 43.9 Å². The van der Waals surface area contributed by atoms with Crippen molar-refractivity contribution in [1.29, 1.82) is 0 Å². The van der Waals surface area contributed by atoms with Crippen LogP contribution in [0.25, 0.3) is 0 Å². The molecule has 0 atom stereocenters. The molecule has 2 rings (SSSR count). The van der Waals surface area contributed by atoms with Crippen molar-refractivity contribution < 1.29 is 9.53 Å². The van der Waals surface area contributed by atoms with Gasteiger partial charge in [0.15, 0.2) is 12.6 Å². The van der Waals surface area contributed by atoms with Crippen LogP contribution in [0.4, 0.5) is 0 Å². The predicted molar refractivity (Wildman–Crippen MR) is 96.1 cm³/mol. The molecule has 0 radical (unpaired) electrons. The summed E-state index contributed by atoms with van der Waals surface area (Å²) in [4.78, 5) is 15.7. The van der Waals surface area contributed by atoms with Gasteiger partial charge in [0.25, 0.3) is 5.91 Å². The van der Waals surface area contributed by atoms with Gasteiger partial charge in [0.2, 0.25) is 0 Å². The average Bonchev–Trinajstić information content (AvgIpc) is 3.36. The number of amides is 1. The van der Waals surface area contributed by atoms with Crippen LogP contribution in [0.15, 0.2) is 41.4 Å². The van der Waals surface area contributed by atoms with Crippen molar-refractivity contribution in [3.63, 3.8) is 0 Å². The lowest BCUT2D eigenvalue weighted by molar-refractivity contribution is -0.123. The van der Waals surface area contributed by atoms with E-state index in [1.165, 1.54) is 0 Å². The summed E-state index contributed by atoms with van der Waals surface area (Å²) in [6.07, 6.45) is 2.99. The minimum Gasteiger partial charge on any atom is -0.484 e. The third-order valence-electron chi connectivity index (χ3n) is 3.47. The second-order valence-electron chi connectivity index (χ2n) is 6.11. The molecule has 1 aromatic rings. The highest BCUT2D eigenvalue weighted by Crippen LogP contribution is 2.18. The molecule has 6 nitrogen and oxygen atoms in total. The topological polar surface area (TPSA) is 88.7 Å². The number of aliphatic imine (C=N–C) groups is 1. The highest BCUT2D eigenvalue weighted by atomic mass is 16.5. The van der Waals surface area contributed by atoms with E-state index < -0.39 is 0 Å². The summed E-state index contributed by atoms with van der Waals surface area (Å²) in [6.45, 7) is 7.00. The fourth-order valence-corrected chi connectivity index (χ4v) is 2.01. The maximum atomic E-state index is 11.6. The third kappa shape index (κ3) is 7.17. The molecule has 0 unspecified atom stereocenters. The third-order valence-corrected chi connectivity index (χ3v) is 3.47. The van der Waals surface area contributed by atoms with Crippen LogP contribution in [0.1, 0.15) is 25.3 Å². The predicted octanol–water partition coefficient (Wildman–Crippen LogP) is 1.37. The van der Waals surface area contributed by atoms with Crippen LogP contribution in [-0.4, -0.2) is 37.6 Å². The Labute approximate surface area is 143 Å². The van der Waals surface area contributed by atoms with Gasteiger partial charge in [0.05, 0.1) is 6.54 Å². The zero-order valence-electron chi connectivity index (χ0n) is 14.2. The summed E-state index contributed by atoms with van der Waals surface area (Å²) < 4.78 is 5.47. The molecule has 4 N–H and O–H groups in total. The molecule has 0 saturated heterocycles. The monoisotopic (exact) mass is 330 g/mol. The van der Waals surface area contributed by atoms with E-state index in [1.54, 1.807) is 0 Å². The quantitative estimate of drug-likeness (QED) is 0.362. The number of nitrogens with one attached hydrogen (secondary N) is 2. The molecule has 0 bridgehead atoms. The van der Waals surface area contributed by atoms with E-state index in [0.717, 1.165) is 30.4 Å². The Kier molecular flexibility index (Phi) is 6.66. The summed E-state index contributed by atoms with van der Waals surface area (Å²) in [7, 11) is 0. The number of guanidine groups is 1. The fraction of sp³-hybridized carbons (Fsp3) is 0.444. The zero-order valence-corrected chi connectivity index (χ0v) is 14.2. The molecule has 6 heteroatoms. The highest BCUT2D eigenvalue weighted by Gasteiger charge is 2.23. The van der Waals surface area contributed by atoms with Gasteiger partial charge < -0.3 is 21.1 Å². The molecule has 0 spiro atoms. The Hall–Kier alpha value is -2.50. The largest absolute Gasteiger partial charge is 0.484 e. The molecule has 0 heterocycles. The van der Waals surface area contributed by atoms with E-state index in [9.17, 15) is 4.79 Å². The Morgan fingerprint density at radius 3 is 2.71 bits per heavy atom. The molecular weight excluding hydrogens is 304 g/mol. The van der Waals surface area contributed by atoms with Crippen molar-refractivity contribution in [2.75, 3.05) is 19.7 Å². The minimum atomic E-state index is -0.0599. The minimum absolute atomic E-state index is 0.0599. The number of carbonyl (C=O) groups is 1. The normalized spacial score (nSPS) is 14.1. The molecule has 1 saturated carbocycles. The second-order valence-corrected chi connectivity index (χ2v) is 6.11. The van der Waals surface area contributed by atoms with Gasteiger partial charge in [0.1, 0.15) is 5.75 Å². The summed E-state index contributed by atoms with van der Waals surface area (Å²) in [6, 6.07) is 8.08. The van der Waals surface area contributed by atoms with Gasteiger partial charge in [-0.2, -0.15) is 0 Å². The number of nitrogens with zero attached hydrogens (tertiary/aromatic N) is 1. The maximum absolute atomic E-state index is 11.6. The number of hydrogen-bond acceptors (Lipinski definition) is 3. The summed E-state index contributed by atoms with van der Waals surface area (Å²) in [5.74, 6) is 1.06. The van der Waals surface area contributed by atoms with E-state index in [-0.39, 0.29) is 12.5 Å². The summed E-state index contributed by atoms with van der Waals surface area (Å²) in [5, 5.41) is 5.96. The SMILES string of the molecule is C=C(C)CN=C(N)NCCc1ccc(OCC(=O)NC2CC2)cc1. The Bertz CT molecular complexity index is 592. The first-order chi connectivity index (χ1) is 11.5. The van der Waals surface area contributed by atoms with Crippen molar-refractivity contribution in [3.8, 4) is 5.75 Å². The highest BCUT2D eigenvalue weighted by molar-refractivity contribution is 5.78. The van der Waals surface area contributed by atoms with Gasteiger partial charge >= 0.3 is 0 Å². The number of hydrogen-bond donors (Lipinski definition) is 3. The van der Waals surface area contributed by atoms with Crippen LogP contribution >= 0.6 is 0 Å². The standard InChI is InChI=1S/C18H26N4O2/c1-13(2)11-21-18(19)20-10-9-14-3-7-16(8-4-14)24-12-17(23)22-15-5-6-15/h3-4,7-8,15H,1,5-6,9-12H2,2H3,(H,22,23)(H3,19,20,21). The molecule has 1 aliphatic carbocycles. The van der Waals surface area contributed by atoms with E-state index >= 15 is 0 Å². The maximum Gasteiger partial charge on any atom is 0.258 e. The number of rotatable bonds is 9. The van der Waals surface area contributed by atoms with E-state index in [4.69, 9.17) is 10.5 Å². The zero-order chi connectivity index (χ0) is 17.4. The first kappa shape index (κ1) is 17.8. The van der Waals surface area contributed by atoms with Crippen molar-refractivity contribution in [2.45, 2.75) is 32.2 Å². The molecular formula is C18H26N4O2. The molecule has 1 amide bonds. The number of benzene rings is 1. The lowest BCUT2D eigenvalue weighted by Gasteiger charge is -2.08. The Morgan fingerprint density at radius 1 is 1.38 bits per heavy atom. The lowest BCUT2D eigenvalue weighted by Crippen LogP contribution is -2.33. The molecule has 1 aromatic carbocycles.